The normalized spacial score (nSPS) is 18.6. The molecule has 0 radical (unpaired) electrons. The summed E-state index contributed by atoms with van der Waals surface area (Å²) in [6, 6.07) is 11.9. The first-order chi connectivity index (χ1) is 39.5. The maximum atomic E-state index is 14.5. The van der Waals surface area contributed by atoms with Crippen LogP contribution in [0, 0.1) is 13.8 Å². The van der Waals surface area contributed by atoms with E-state index in [-0.39, 0.29) is 57.4 Å². The van der Waals surface area contributed by atoms with E-state index in [9.17, 15) is 44.4 Å². The van der Waals surface area contributed by atoms with Gasteiger partial charge in [-0.3, -0.25) is 24.0 Å². The van der Waals surface area contributed by atoms with Gasteiger partial charge in [-0.05, 0) is 117 Å². The van der Waals surface area contributed by atoms with Gasteiger partial charge in [-0.15, -0.1) is 0 Å². The lowest BCUT2D eigenvalue weighted by Crippen LogP contribution is -2.62. The largest absolute Gasteiger partial charge is 0.508 e. The number of phenols is 1. The minimum Gasteiger partial charge on any atom is -0.508 e. The number of nitrogens with one attached hydrogen (secondary N) is 4. The predicted molar refractivity (Wildman–Crippen MR) is 322 cm³/mol. The van der Waals surface area contributed by atoms with Crippen LogP contribution in [0.1, 0.15) is 196 Å². The maximum absolute atomic E-state index is 14.5. The smallest absolute Gasteiger partial charge is 0.252 e. The molecule has 3 aromatic rings. The highest BCUT2D eigenvalue weighted by molar-refractivity contribution is 5.95. The van der Waals surface area contributed by atoms with E-state index in [0.29, 0.717) is 31.4 Å². The molecular weight excluding hydrogens is 1040 g/mol. The van der Waals surface area contributed by atoms with Gasteiger partial charge in [0.2, 0.25) is 23.6 Å². The first kappa shape index (κ1) is 69.3. The number of amides is 5. The molecule has 3 aromatic carbocycles. The highest BCUT2D eigenvalue weighted by atomic mass is 16.7. The number of rotatable bonds is 43. The molecule has 1 saturated heterocycles. The van der Waals surface area contributed by atoms with Crippen molar-refractivity contribution in [2.24, 2.45) is 17.2 Å². The first-order valence-electron chi connectivity index (χ1n) is 31.1. The number of nitrogens with two attached hydrogens (primary N) is 3. The molecule has 18 nitrogen and oxygen atoms in total. The van der Waals surface area contributed by atoms with E-state index >= 15 is 0 Å². The van der Waals surface area contributed by atoms with E-state index in [1.807, 2.05) is 42.5 Å². The second-order valence-electron chi connectivity index (χ2n) is 22.9. The van der Waals surface area contributed by atoms with E-state index in [1.165, 1.54) is 103 Å². The van der Waals surface area contributed by atoms with Gasteiger partial charge in [0.25, 0.3) is 5.91 Å². The van der Waals surface area contributed by atoms with Gasteiger partial charge >= 0.3 is 0 Å². The monoisotopic (exact) mass is 1150 g/mol. The fourth-order valence-electron chi connectivity index (χ4n) is 10.8. The highest BCUT2D eigenvalue weighted by Crippen LogP contribution is 2.25. The molecule has 82 heavy (non-hydrogen) atoms. The van der Waals surface area contributed by atoms with Crippen molar-refractivity contribution >= 4 is 40.3 Å². The Kier molecular flexibility index (Phi) is 33.3. The summed E-state index contributed by atoms with van der Waals surface area (Å²) in [5, 5.41) is 55.3. The van der Waals surface area contributed by atoms with E-state index in [0.717, 1.165) is 46.7 Å². The zero-order valence-electron chi connectivity index (χ0n) is 49.7. The van der Waals surface area contributed by atoms with Gasteiger partial charge in [0, 0.05) is 19.6 Å². The minimum absolute atomic E-state index is 0.0225. The molecule has 0 aliphatic carbocycles. The van der Waals surface area contributed by atoms with Gasteiger partial charge in [0.15, 0.2) is 12.4 Å². The minimum atomic E-state index is -1.74. The van der Waals surface area contributed by atoms with E-state index in [2.05, 4.69) is 28.2 Å². The Bertz CT molecular complexity index is 2330. The van der Waals surface area contributed by atoms with Crippen molar-refractivity contribution in [1.29, 1.82) is 0 Å². The number of aryl methyl sites for hydroxylation is 2. The van der Waals surface area contributed by atoms with Crippen molar-refractivity contribution in [1.82, 2.24) is 21.3 Å². The second-order valence-corrected chi connectivity index (χ2v) is 22.9. The first-order valence-corrected chi connectivity index (χ1v) is 31.1. The molecule has 5 amide bonds. The number of fused-ring (bicyclic) bond motifs is 1. The average Bonchev–Trinajstić information content (AvgIpc) is 3.54. The van der Waals surface area contributed by atoms with Gasteiger partial charge in [0.1, 0.15) is 42.2 Å². The molecule has 1 aliphatic rings. The van der Waals surface area contributed by atoms with Crippen LogP contribution in [0.5, 0.6) is 5.75 Å². The Morgan fingerprint density at radius 2 is 1.10 bits per heavy atom. The van der Waals surface area contributed by atoms with Gasteiger partial charge < -0.3 is 68.4 Å². The Balaban J connectivity index is 1.28. The molecule has 1 fully saturated rings. The highest BCUT2D eigenvalue weighted by Gasteiger charge is 2.47. The molecule has 0 bridgehead atoms. The number of hydrogen-bond donors (Lipinski definition) is 11. The number of ether oxygens (including phenoxy) is 2. The van der Waals surface area contributed by atoms with Gasteiger partial charge in [-0.25, -0.2) is 0 Å². The van der Waals surface area contributed by atoms with E-state index in [4.69, 9.17) is 26.7 Å². The molecule has 0 saturated carbocycles. The summed E-state index contributed by atoms with van der Waals surface area (Å²) in [5.41, 5.74) is 20.8. The fraction of sp³-hybridized carbons (Fsp3) is 0.672. The molecule has 0 aromatic heterocycles. The van der Waals surface area contributed by atoms with Crippen molar-refractivity contribution in [2.75, 3.05) is 19.7 Å². The summed E-state index contributed by atoms with van der Waals surface area (Å²) < 4.78 is 11.5. The Morgan fingerprint density at radius 3 is 1.67 bits per heavy atom. The van der Waals surface area contributed by atoms with E-state index in [1.54, 1.807) is 26.0 Å². The Labute approximate surface area is 488 Å². The number of benzene rings is 3. The zero-order chi connectivity index (χ0) is 59.7. The molecule has 0 unspecified atom stereocenters. The van der Waals surface area contributed by atoms with Crippen molar-refractivity contribution in [3.8, 4) is 5.75 Å². The third-order valence-electron chi connectivity index (χ3n) is 15.9. The van der Waals surface area contributed by atoms with Gasteiger partial charge in [-0.2, -0.15) is 0 Å². The van der Waals surface area contributed by atoms with Crippen molar-refractivity contribution < 1.29 is 53.9 Å². The van der Waals surface area contributed by atoms with Crippen LogP contribution in [-0.2, 0) is 46.3 Å². The van der Waals surface area contributed by atoms with E-state index < -0.39 is 84.4 Å². The number of primary amides is 1. The molecule has 18 heteroatoms. The van der Waals surface area contributed by atoms with Crippen LogP contribution in [0.25, 0.3) is 10.8 Å². The summed E-state index contributed by atoms with van der Waals surface area (Å²) in [7, 11) is 0. The fourth-order valence-corrected chi connectivity index (χ4v) is 10.8. The van der Waals surface area contributed by atoms with Crippen LogP contribution >= 0.6 is 0 Å². The topological polar surface area (TPSA) is 311 Å². The average molecular weight is 1150 g/mol. The number of hydrogen-bond acceptors (Lipinski definition) is 13. The van der Waals surface area contributed by atoms with Gasteiger partial charge in [-0.1, -0.05) is 171 Å². The van der Waals surface area contributed by atoms with Crippen molar-refractivity contribution in [2.45, 2.75) is 255 Å². The number of aromatic hydroxyl groups is 1. The molecule has 0 spiro atoms. The number of carbonyl (C=O) groups is 5. The number of unbranched alkanes of at least 4 members (excludes halogenated alkanes) is 21. The third kappa shape index (κ3) is 25.3. The lowest BCUT2D eigenvalue weighted by Gasteiger charge is -2.39. The van der Waals surface area contributed by atoms with Crippen LogP contribution in [0.15, 0.2) is 54.6 Å². The Morgan fingerprint density at radius 1 is 0.585 bits per heavy atom. The van der Waals surface area contributed by atoms with Crippen LogP contribution in [0.2, 0.25) is 0 Å². The maximum Gasteiger partial charge on any atom is 0.252 e. The summed E-state index contributed by atoms with van der Waals surface area (Å²) in [5.74, 6) is -3.40. The molecule has 9 atom stereocenters. The number of aliphatic hydroxyl groups is 3. The van der Waals surface area contributed by atoms with Crippen molar-refractivity contribution in [3.63, 3.8) is 0 Å². The number of aliphatic hydroxyl groups excluding tert-OH is 3. The van der Waals surface area contributed by atoms with Crippen LogP contribution in [0.4, 0.5) is 0 Å². The molecule has 1 aliphatic heterocycles. The summed E-state index contributed by atoms with van der Waals surface area (Å²) in [6.45, 7) is 6.53. The molecule has 460 valence electrons. The molecule has 14 N–H and O–H groups in total. The SMILES string of the molecule is CCCCCCCCCCCCCCCCCCCCCCO[C@@H]1O[C@H](C(=O)NCCCC[C@@H](NC(=O)[C@@H](N)Cc2c(C)cc(O)cc2C)C(=O)N[C@@H](Cc2ccc3ccccc3c2)C(=O)N[C@@H](CCCCN)C(N)=O)[C@@H](O)[C@H](O)[C@H]1O. The second kappa shape index (κ2) is 39.4. The predicted octanol–water partition coefficient (Wildman–Crippen LogP) is 7.28. The molecular formula is C64H103N7O11. The lowest BCUT2D eigenvalue weighted by atomic mass is 9.95. The molecule has 4 rings (SSSR count). The lowest BCUT2D eigenvalue weighted by molar-refractivity contribution is -0.290. The van der Waals surface area contributed by atoms with Gasteiger partial charge in [0.05, 0.1) is 6.04 Å². The van der Waals surface area contributed by atoms with Crippen LogP contribution in [-0.4, -0.2) is 125 Å². The number of carbonyl (C=O) groups excluding carboxylic acids is 5. The van der Waals surface area contributed by atoms with Crippen LogP contribution < -0.4 is 38.5 Å². The van der Waals surface area contributed by atoms with Crippen LogP contribution in [0.3, 0.4) is 0 Å². The summed E-state index contributed by atoms with van der Waals surface area (Å²) >= 11 is 0. The number of phenolic OH excluding ortho intramolecular Hbond substituents is 1. The standard InChI is InChI=1S/C64H103N7O11/c1-4-5-6-7-8-9-10-11-12-13-14-15-16-17-18-19-20-21-22-29-38-81-64-57(75)55(73)56(74)58(82-64)63(80)68-37-28-26-33-53(70-60(77)51(66)43-50-44(2)39-49(72)40-45(50)3)61(78)71-54(62(79)69-52(59(67)76)32-25-27-36-65)42-46-34-35-47-30-23-24-31-48(47)41-46/h23-24,30-31,34-35,39-41,51-58,64,72-75H,4-22,25-29,32-33,36-38,42-43,65-66H2,1-3H3,(H2,67,76)(H,68,80)(H,69,79)(H,70,77)(H,71,78)/t51-,52-,53+,54-,55-,56-,57+,58-,64+/m0/s1. The quantitative estimate of drug-likeness (QED) is 0.0249. The third-order valence-corrected chi connectivity index (χ3v) is 15.9. The summed E-state index contributed by atoms with van der Waals surface area (Å²) in [4.78, 5) is 68.4. The Hall–Kier alpha value is -5.21. The summed E-state index contributed by atoms with van der Waals surface area (Å²) in [6.07, 6.45) is 19.4. The zero-order valence-corrected chi connectivity index (χ0v) is 49.7. The molecule has 1 heterocycles. The van der Waals surface area contributed by atoms with Crippen molar-refractivity contribution in [3.05, 3.63) is 76.9 Å².